The molecule has 96 valence electrons. The van der Waals surface area contributed by atoms with Crippen LogP contribution >= 0.6 is 0 Å². The first-order valence-corrected chi connectivity index (χ1v) is 6.28. The van der Waals surface area contributed by atoms with E-state index < -0.39 is 5.60 Å². The van der Waals surface area contributed by atoms with Gasteiger partial charge in [0.2, 0.25) is 0 Å². The van der Waals surface area contributed by atoms with Gasteiger partial charge in [0.05, 0.1) is 11.2 Å². The summed E-state index contributed by atoms with van der Waals surface area (Å²) in [4.78, 5) is 6.61. The van der Waals surface area contributed by atoms with Gasteiger partial charge in [-0.05, 0) is 45.2 Å². The van der Waals surface area contributed by atoms with E-state index in [1.165, 1.54) is 0 Å². The van der Waals surface area contributed by atoms with Crippen LogP contribution in [0.15, 0.2) is 6.07 Å². The lowest BCUT2D eigenvalue weighted by Gasteiger charge is -2.37. The molecule has 0 amide bonds. The van der Waals surface area contributed by atoms with E-state index in [9.17, 15) is 10.4 Å². The average Bonchev–Trinajstić information content (AvgIpc) is 2.28. The molecule has 2 heterocycles. The van der Waals surface area contributed by atoms with Gasteiger partial charge in [-0.3, -0.25) is 0 Å². The van der Waals surface area contributed by atoms with Crippen molar-refractivity contribution in [2.45, 2.75) is 39.2 Å². The number of nitrogens with zero attached hydrogens (tertiary/aromatic N) is 3. The summed E-state index contributed by atoms with van der Waals surface area (Å²) in [5.41, 5.74) is 1.97. The predicted octanol–water partition coefficient (Wildman–Crippen LogP) is 1.92. The van der Waals surface area contributed by atoms with Crippen molar-refractivity contribution in [3.05, 3.63) is 22.9 Å². The van der Waals surface area contributed by atoms with Crippen LogP contribution in [-0.2, 0) is 0 Å². The van der Waals surface area contributed by atoms with Gasteiger partial charge in [0.1, 0.15) is 11.9 Å². The molecule has 0 atom stereocenters. The highest BCUT2D eigenvalue weighted by molar-refractivity contribution is 5.58. The van der Waals surface area contributed by atoms with Crippen molar-refractivity contribution in [2.24, 2.45) is 0 Å². The van der Waals surface area contributed by atoms with E-state index in [0.29, 0.717) is 18.4 Å². The van der Waals surface area contributed by atoms with Crippen LogP contribution < -0.4 is 4.90 Å². The summed E-state index contributed by atoms with van der Waals surface area (Å²) < 4.78 is 0. The molecule has 1 N–H and O–H groups in total. The summed E-state index contributed by atoms with van der Waals surface area (Å²) in [6, 6.07) is 4.18. The Labute approximate surface area is 108 Å². The second-order valence-corrected chi connectivity index (χ2v) is 5.37. The maximum atomic E-state index is 9.96. The Hall–Kier alpha value is -1.60. The first-order chi connectivity index (χ1) is 8.43. The summed E-state index contributed by atoms with van der Waals surface area (Å²) in [7, 11) is 0. The molecule has 2 rings (SSSR count). The molecular weight excluding hydrogens is 226 g/mol. The monoisotopic (exact) mass is 245 g/mol. The summed E-state index contributed by atoms with van der Waals surface area (Å²) in [6.45, 7) is 7.24. The zero-order chi connectivity index (χ0) is 13.3. The maximum Gasteiger partial charge on any atom is 0.147 e. The fraction of sp³-hybridized carbons (Fsp3) is 0.571. The standard InChI is InChI=1S/C14H19N3O/c1-10-8-11(2)16-13(12(10)9-15)17-6-4-14(3,18)5-7-17/h8,18H,4-7H2,1-3H3. The Bertz CT molecular complexity index is 492. The van der Waals surface area contributed by atoms with E-state index in [-0.39, 0.29) is 0 Å². The Morgan fingerprint density at radius 1 is 1.39 bits per heavy atom. The first-order valence-electron chi connectivity index (χ1n) is 6.28. The molecule has 0 unspecified atom stereocenters. The highest BCUT2D eigenvalue weighted by atomic mass is 16.3. The number of anilines is 1. The minimum atomic E-state index is -0.581. The van der Waals surface area contributed by atoms with Crippen molar-refractivity contribution in [2.75, 3.05) is 18.0 Å². The number of hydrogen-bond donors (Lipinski definition) is 1. The number of aliphatic hydroxyl groups is 1. The topological polar surface area (TPSA) is 60.2 Å². The first kappa shape index (κ1) is 12.8. The Morgan fingerprint density at radius 3 is 2.56 bits per heavy atom. The molecule has 0 spiro atoms. The van der Waals surface area contributed by atoms with Crippen molar-refractivity contribution in [1.29, 1.82) is 5.26 Å². The van der Waals surface area contributed by atoms with Crippen LogP contribution in [0.1, 0.15) is 36.6 Å². The highest BCUT2D eigenvalue weighted by Gasteiger charge is 2.29. The van der Waals surface area contributed by atoms with Crippen molar-refractivity contribution in [3.63, 3.8) is 0 Å². The van der Waals surface area contributed by atoms with E-state index in [1.54, 1.807) is 0 Å². The van der Waals surface area contributed by atoms with Gasteiger partial charge >= 0.3 is 0 Å². The Morgan fingerprint density at radius 2 is 2.00 bits per heavy atom. The smallest absolute Gasteiger partial charge is 0.147 e. The van der Waals surface area contributed by atoms with Crippen molar-refractivity contribution in [3.8, 4) is 6.07 Å². The summed E-state index contributed by atoms with van der Waals surface area (Å²) >= 11 is 0. The van der Waals surface area contributed by atoms with Gasteiger partial charge in [0, 0.05) is 18.8 Å². The van der Waals surface area contributed by atoms with Gasteiger partial charge in [-0.25, -0.2) is 4.98 Å². The van der Waals surface area contributed by atoms with Gasteiger partial charge in [-0.1, -0.05) is 0 Å². The largest absolute Gasteiger partial charge is 0.390 e. The number of rotatable bonds is 1. The van der Waals surface area contributed by atoms with Gasteiger partial charge in [0.15, 0.2) is 0 Å². The molecule has 4 heteroatoms. The van der Waals surface area contributed by atoms with E-state index >= 15 is 0 Å². The van der Waals surface area contributed by atoms with E-state index in [2.05, 4.69) is 16.0 Å². The molecule has 1 aromatic heterocycles. The molecule has 1 aromatic rings. The summed E-state index contributed by atoms with van der Waals surface area (Å²) in [5.74, 6) is 0.769. The van der Waals surface area contributed by atoms with Crippen molar-refractivity contribution < 1.29 is 5.11 Å². The number of nitriles is 1. The second kappa shape index (κ2) is 4.58. The van der Waals surface area contributed by atoms with Crippen LogP contribution in [0.3, 0.4) is 0 Å². The third-order valence-electron chi connectivity index (χ3n) is 3.58. The third kappa shape index (κ3) is 2.46. The van der Waals surface area contributed by atoms with Gasteiger partial charge in [-0.15, -0.1) is 0 Å². The summed E-state index contributed by atoms with van der Waals surface area (Å²) in [5, 5.41) is 19.2. The van der Waals surface area contributed by atoms with E-state index in [1.807, 2.05) is 26.8 Å². The van der Waals surface area contributed by atoms with Crippen LogP contribution in [0.5, 0.6) is 0 Å². The normalized spacial score (nSPS) is 18.5. The quantitative estimate of drug-likeness (QED) is 0.821. The number of aromatic nitrogens is 1. The fourth-order valence-corrected chi connectivity index (χ4v) is 2.38. The van der Waals surface area contributed by atoms with E-state index in [4.69, 9.17) is 0 Å². The molecule has 1 saturated heterocycles. The number of pyridine rings is 1. The molecule has 0 bridgehead atoms. The molecule has 1 aliphatic rings. The highest BCUT2D eigenvalue weighted by Crippen LogP contribution is 2.28. The van der Waals surface area contributed by atoms with Crippen molar-refractivity contribution >= 4 is 5.82 Å². The molecule has 0 saturated carbocycles. The average molecular weight is 245 g/mol. The lowest BCUT2D eigenvalue weighted by atomic mass is 9.93. The number of hydrogen-bond acceptors (Lipinski definition) is 4. The van der Waals surface area contributed by atoms with E-state index in [0.717, 1.165) is 30.2 Å². The van der Waals surface area contributed by atoms with Crippen LogP contribution in [0.4, 0.5) is 5.82 Å². The Kier molecular flexibility index (Phi) is 3.27. The zero-order valence-corrected chi connectivity index (χ0v) is 11.2. The second-order valence-electron chi connectivity index (χ2n) is 5.37. The SMILES string of the molecule is Cc1cc(C)c(C#N)c(N2CCC(C)(O)CC2)n1. The molecule has 18 heavy (non-hydrogen) atoms. The van der Waals surface area contributed by atoms with Crippen LogP contribution in [0, 0.1) is 25.2 Å². The maximum absolute atomic E-state index is 9.96. The molecule has 4 nitrogen and oxygen atoms in total. The molecule has 1 aliphatic heterocycles. The summed E-state index contributed by atoms with van der Waals surface area (Å²) in [6.07, 6.45) is 1.43. The van der Waals surface area contributed by atoms with Crippen LogP contribution in [0.2, 0.25) is 0 Å². The molecule has 0 aromatic carbocycles. The predicted molar refractivity (Wildman–Crippen MR) is 70.5 cm³/mol. The van der Waals surface area contributed by atoms with Crippen LogP contribution in [-0.4, -0.2) is 28.8 Å². The van der Waals surface area contributed by atoms with Gasteiger partial charge in [-0.2, -0.15) is 5.26 Å². The van der Waals surface area contributed by atoms with Gasteiger partial charge < -0.3 is 10.0 Å². The molecule has 1 fully saturated rings. The van der Waals surface area contributed by atoms with Gasteiger partial charge in [0.25, 0.3) is 0 Å². The number of piperidine rings is 1. The lowest BCUT2D eigenvalue weighted by molar-refractivity contribution is 0.0350. The molecular formula is C14H19N3O. The lowest BCUT2D eigenvalue weighted by Crippen LogP contribution is -2.43. The molecule has 0 radical (unpaired) electrons. The van der Waals surface area contributed by atoms with Crippen LogP contribution in [0.25, 0.3) is 0 Å². The fourth-order valence-electron chi connectivity index (χ4n) is 2.38. The Balaban J connectivity index is 2.32. The van der Waals surface area contributed by atoms with Crippen molar-refractivity contribution in [1.82, 2.24) is 4.98 Å². The molecule has 0 aliphatic carbocycles. The zero-order valence-electron chi connectivity index (χ0n) is 11.2. The third-order valence-corrected chi connectivity index (χ3v) is 3.58. The minimum Gasteiger partial charge on any atom is -0.390 e. The minimum absolute atomic E-state index is 0.581. The number of aryl methyl sites for hydroxylation is 2.